The fourth-order valence-corrected chi connectivity index (χ4v) is 3.38. The van der Waals surface area contributed by atoms with Crippen molar-refractivity contribution in [2.24, 2.45) is 4.99 Å². The third-order valence-corrected chi connectivity index (χ3v) is 4.65. The number of imide groups is 1. The van der Waals surface area contributed by atoms with Crippen LogP contribution in [0.1, 0.15) is 11.7 Å². The first kappa shape index (κ1) is 15.4. The summed E-state index contributed by atoms with van der Waals surface area (Å²) in [5.74, 6) is 1.44. The number of fused-ring (bicyclic) bond motifs is 3. The molecule has 8 heteroatoms. The Balaban J connectivity index is 1.94. The van der Waals surface area contributed by atoms with E-state index in [0.717, 1.165) is 16.3 Å². The largest absolute Gasteiger partial charge is 0.493 e. The van der Waals surface area contributed by atoms with Gasteiger partial charge in [-0.3, -0.25) is 14.6 Å². The molecule has 0 saturated carbocycles. The van der Waals surface area contributed by atoms with Gasteiger partial charge in [0.05, 0.1) is 7.11 Å². The van der Waals surface area contributed by atoms with Crippen LogP contribution in [0.3, 0.4) is 0 Å². The zero-order chi connectivity index (χ0) is 17.9. The summed E-state index contributed by atoms with van der Waals surface area (Å²) in [6.45, 7) is 1.94. The molecule has 1 aromatic carbocycles. The van der Waals surface area contributed by atoms with Crippen molar-refractivity contribution in [2.45, 2.75) is 13.0 Å². The molecule has 3 amide bonds. The lowest BCUT2D eigenvalue weighted by molar-refractivity contribution is -0.676. The highest BCUT2D eigenvalue weighted by molar-refractivity contribution is 6.18. The Morgan fingerprint density at radius 3 is 2.60 bits per heavy atom. The van der Waals surface area contributed by atoms with Crippen LogP contribution in [-0.2, 0) is 4.79 Å². The molecule has 1 unspecified atom stereocenters. The molecule has 0 bridgehead atoms. The normalized spacial score (nSPS) is 19.0. The number of carbonyl (C=O) groups is 2. The Bertz CT molecular complexity index is 946. The molecule has 1 atom stereocenters. The van der Waals surface area contributed by atoms with Crippen molar-refractivity contribution in [1.82, 2.24) is 14.4 Å². The van der Waals surface area contributed by atoms with E-state index in [0.29, 0.717) is 17.5 Å². The number of ether oxygens (including phenoxy) is 1. The minimum Gasteiger partial charge on any atom is -0.493 e. The molecule has 2 aliphatic heterocycles. The van der Waals surface area contributed by atoms with Crippen molar-refractivity contribution in [3.8, 4) is 11.4 Å². The summed E-state index contributed by atoms with van der Waals surface area (Å²) >= 11 is 0. The minimum absolute atomic E-state index is 0.289. The monoisotopic (exact) mass is 340 g/mol. The second-order valence-corrected chi connectivity index (χ2v) is 6.10. The summed E-state index contributed by atoms with van der Waals surface area (Å²) in [7, 11) is 4.73. The average molecular weight is 340 g/mol. The van der Waals surface area contributed by atoms with E-state index in [1.807, 2.05) is 42.0 Å². The third kappa shape index (κ3) is 1.93. The zero-order valence-electron chi connectivity index (χ0n) is 14.4. The number of benzene rings is 1. The molecule has 3 heterocycles. The number of aromatic nitrogens is 2. The Morgan fingerprint density at radius 1 is 1.16 bits per heavy atom. The van der Waals surface area contributed by atoms with Crippen LogP contribution in [-0.4, -0.2) is 53.3 Å². The number of aryl methyl sites for hydroxylation is 1. The number of urea groups is 1. The fraction of sp³-hybridized carbons (Fsp3) is 0.294. The molecule has 25 heavy (non-hydrogen) atoms. The van der Waals surface area contributed by atoms with Crippen molar-refractivity contribution in [3.05, 3.63) is 36.2 Å². The van der Waals surface area contributed by atoms with E-state index in [-0.39, 0.29) is 11.9 Å². The van der Waals surface area contributed by atoms with Crippen molar-refractivity contribution in [3.63, 3.8) is 0 Å². The molecule has 0 aliphatic carbocycles. The topological polar surface area (TPSA) is 71.0 Å². The van der Waals surface area contributed by atoms with Crippen LogP contribution < -0.4 is 9.30 Å². The van der Waals surface area contributed by atoms with Crippen LogP contribution in [0.2, 0.25) is 0 Å². The molecule has 1 aromatic heterocycles. The maximum absolute atomic E-state index is 12.6. The molecule has 0 spiro atoms. The van der Waals surface area contributed by atoms with E-state index in [9.17, 15) is 9.59 Å². The van der Waals surface area contributed by atoms with Gasteiger partial charge >= 0.3 is 12.0 Å². The molecule has 8 nitrogen and oxygen atoms in total. The molecule has 128 valence electrons. The van der Waals surface area contributed by atoms with Gasteiger partial charge in [0.25, 0.3) is 5.91 Å². The number of para-hydroxylation sites is 2. The summed E-state index contributed by atoms with van der Waals surface area (Å²) in [6, 6.07) is 6.60. The maximum atomic E-state index is 12.6. The van der Waals surface area contributed by atoms with Crippen LogP contribution in [0.25, 0.3) is 5.69 Å². The number of likely N-dealkylation sites (N-methyl/N-ethyl adjacent to an activating group) is 2. The Morgan fingerprint density at radius 2 is 1.88 bits per heavy atom. The molecule has 1 saturated heterocycles. The smallest absolute Gasteiger partial charge is 0.407 e. The first-order chi connectivity index (χ1) is 12.0. The molecule has 2 aliphatic rings. The third-order valence-electron chi connectivity index (χ3n) is 4.65. The molecular formula is C17H18N5O3+. The number of nitrogens with zero attached hydrogens (tertiary/aromatic N) is 5. The first-order valence-electron chi connectivity index (χ1n) is 7.86. The number of imidazole rings is 1. The van der Waals surface area contributed by atoms with E-state index < -0.39 is 6.04 Å². The molecule has 1 fully saturated rings. The highest BCUT2D eigenvalue weighted by Crippen LogP contribution is 2.33. The molecular weight excluding hydrogens is 322 g/mol. The Hall–Kier alpha value is -3.16. The Kier molecular flexibility index (Phi) is 3.18. The van der Waals surface area contributed by atoms with Crippen molar-refractivity contribution in [2.75, 3.05) is 21.2 Å². The van der Waals surface area contributed by atoms with Crippen LogP contribution in [0.5, 0.6) is 5.75 Å². The van der Waals surface area contributed by atoms with E-state index in [1.165, 1.54) is 11.9 Å². The Labute approximate surface area is 144 Å². The SMILES string of the molecule is COc1ccccc1-n1c(C)c[n+]2c1N=C1C2C(=O)N(C)C(=O)N1C. The highest BCUT2D eigenvalue weighted by Gasteiger charge is 2.52. The number of methoxy groups -OCH3 is 1. The quantitative estimate of drug-likeness (QED) is 0.771. The first-order valence-corrected chi connectivity index (χ1v) is 7.86. The van der Waals surface area contributed by atoms with Gasteiger partial charge in [0.1, 0.15) is 17.6 Å². The number of amides is 3. The number of aliphatic imine (C=N–C) groups is 1. The fourth-order valence-electron chi connectivity index (χ4n) is 3.38. The van der Waals surface area contributed by atoms with Gasteiger partial charge in [-0.2, -0.15) is 4.57 Å². The maximum Gasteiger partial charge on any atom is 0.407 e. The van der Waals surface area contributed by atoms with E-state index in [1.54, 1.807) is 18.7 Å². The number of carbonyl (C=O) groups excluding carboxylic acids is 2. The van der Waals surface area contributed by atoms with Gasteiger partial charge in [0.2, 0.25) is 11.9 Å². The molecule has 0 N–H and O–H groups in total. The molecule has 0 radical (unpaired) electrons. The van der Waals surface area contributed by atoms with E-state index in [2.05, 4.69) is 4.99 Å². The number of hydrogen-bond donors (Lipinski definition) is 0. The molecule has 4 rings (SSSR count). The van der Waals surface area contributed by atoms with Gasteiger partial charge in [0.15, 0.2) is 5.75 Å². The summed E-state index contributed by atoms with van der Waals surface area (Å²) < 4.78 is 9.19. The predicted molar refractivity (Wildman–Crippen MR) is 89.3 cm³/mol. The van der Waals surface area contributed by atoms with Crippen molar-refractivity contribution >= 4 is 23.7 Å². The lowest BCUT2D eigenvalue weighted by Gasteiger charge is -2.30. The standard InChI is InChI=1S/C17H18N5O3/c1-10-9-21-13-14(19(2)17(24)20(3)15(13)23)18-16(21)22(10)11-7-5-6-8-12(11)25-4/h5-9,13H,1-4H3/q+1. The minimum atomic E-state index is -0.627. The second kappa shape index (κ2) is 5.17. The number of rotatable bonds is 2. The number of hydrogen-bond acceptors (Lipinski definition) is 4. The highest BCUT2D eigenvalue weighted by atomic mass is 16.5. The van der Waals surface area contributed by atoms with Crippen LogP contribution in [0.15, 0.2) is 35.5 Å². The second-order valence-electron chi connectivity index (χ2n) is 6.10. The van der Waals surface area contributed by atoms with Crippen LogP contribution >= 0.6 is 0 Å². The molecule has 2 aromatic rings. The van der Waals surface area contributed by atoms with E-state index in [4.69, 9.17) is 4.74 Å². The van der Waals surface area contributed by atoms with Gasteiger partial charge in [0, 0.05) is 14.1 Å². The van der Waals surface area contributed by atoms with Crippen molar-refractivity contribution in [1.29, 1.82) is 0 Å². The van der Waals surface area contributed by atoms with Crippen molar-refractivity contribution < 1.29 is 18.9 Å². The summed E-state index contributed by atoms with van der Waals surface area (Å²) in [4.78, 5) is 32.0. The van der Waals surface area contributed by atoms with E-state index >= 15 is 0 Å². The summed E-state index contributed by atoms with van der Waals surface area (Å²) in [5, 5.41) is 0. The number of amidine groups is 1. The summed E-state index contributed by atoms with van der Waals surface area (Å²) in [6.07, 6.45) is 1.87. The lowest BCUT2D eigenvalue weighted by atomic mass is 10.2. The van der Waals surface area contributed by atoms with Crippen LogP contribution in [0, 0.1) is 6.92 Å². The lowest BCUT2D eigenvalue weighted by Crippen LogP contribution is -2.61. The van der Waals surface area contributed by atoms with Gasteiger partial charge in [-0.15, -0.1) is 0 Å². The predicted octanol–water partition coefficient (Wildman–Crippen LogP) is 1.19. The van der Waals surface area contributed by atoms with Gasteiger partial charge < -0.3 is 4.74 Å². The summed E-state index contributed by atoms with van der Waals surface area (Å²) in [5.41, 5.74) is 1.74. The van der Waals surface area contributed by atoms with Gasteiger partial charge in [-0.1, -0.05) is 17.1 Å². The van der Waals surface area contributed by atoms with Crippen LogP contribution in [0.4, 0.5) is 10.7 Å². The zero-order valence-corrected chi connectivity index (χ0v) is 14.4. The van der Waals surface area contributed by atoms with Gasteiger partial charge in [-0.25, -0.2) is 9.36 Å². The van der Waals surface area contributed by atoms with Gasteiger partial charge in [-0.05, 0) is 19.1 Å². The average Bonchev–Trinajstić information content (AvgIpc) is 3.12.